The Balaban J connectivity index is 2.25. The third kappa shape index (κ3) is 3.05. The highest BCUT2D eigenvalue weighted by Crippen LogP contribution is 2.24. The lowest BCUT2D eigenvalue weighted by Gasteiger charge is -2.28. The number of para-hydroxylation sites is 1. The standard InChI is InChI=1S/C12H17FN2O3S/c13-8-4-3-7-11(12(8)14)19(17,18)15-9-5-1-2-6-10(9)16/h3-4,7,9-10,15-16H,1-2,5-6,14H2/t9-,10-/m1/s1. The van der Waals surface area contributed by atoms with Crippen molar-refractivity contribution < 1.29 is 17.9 Å². The Labute approximate surface area is 111 Å². The Kier molecular flexibility index (Phi) is 4.07. The zero-order chi connectivity index (χ0) is 14.0. The van der Waals surface area contributed by atoms with Crippen LogP contribution in [0.3, 0.4) is 0 Å². The molecule has 0 unspecified atom stereocenters. The van der Waals surface area contributed by atoms with Gasteiger partial charge in [-0.05, 0) is 25.0 Å². The predicted molar refractivity (Wildman–Crippen MR) is 69.4 cm³/mol. The van der Waals surface area contributed by atoms with Crippen LogP contribution in [-0.4, -0.2) is 25.7 Å². The van der Waals surface area contributed by atoms with Crippen LogP contribution in [-0.2, 0) is 10.0 Å². The molecule has 1 saturated carbocycles. The second-order valence-electron chi connectivity index (χ2n) is 4.73. The molecule has 1 aliphatic rings. The molecule has 5 nitrogen and oxygen atoms in total. The van der Waals surface area contributed by atoms with E-state index in [1.807, 2.05) is 0 Å². The smallest absolute Gasteiger partial charge is 0.243 e. The van der Waals surface area contributed by atoms with Gasteiger partial charge in [0.1, 0.15) is 10.7 Å². The summed E-state index contributed by atoms with van der Waals surface area (Å²) in [5.41, 5.74) is 5.05. The van der Waals surface area contributed by atoms with Crippen LogP contribution in [0.5, 0.6) is 0 Å². The maximum absolute atomic E-state index is 13.3. The van der Waals surface area contributed by atoms with Crippen molar-refractivity contribution in [2.45, 2.75) is 42.7 Å². The number of aliphatic hydroxyl groups is 1. The van der Waals surface area contributed by atoms with Crippen LogP contribution in [0, 0.1) is 5.82 Å². The van der Waals surface area contributed by atoms with Crippen LogP contribution in [0.15, 0.2) is 23.1 Å². The zero-order valence-corrected chi connectivity index (χ0v) is 11.2. The summed E-state index contributed by atoms with van der Waals surface area (Å²) in [5, 5.41) is 9.77. The minimum Gasteiger partial charge on any atom is -0.395 e. The van der Waals surface area contributed by atoms with E-state index >= 15 is 0 Å². The van der Waals surface area contributed by atoms with Crippen molar-refractivity contribution in [2.75, 3.05) is 5.73 Å². The summed E-state index contributed by atoms with van der Waals surface area (Å²) < 4.78 is 40.0. The summed E-state index contributed by atoms with van der Waals surface area (Å²) in [6, 6.07) is 3.10. The lowest BCUT2D eigenvalue weighted by molar-refractivity contribution is 0.101. The largest absolute Gasteiger partial charge is 0.395 e. The fourth-order valence-corrected chi connectivity index (χ4v) is 3.71. The molecule has 4 N–H and O–H groups in total. The molecule has 1 aliphatic carbocycles. The van der Waals surface area contributed by atoms with Crippen molar-refractivity contribution in [2.24, 2.45) is 0 Å². The molecule has 0 radical (unpaired) electrons. The van der Waals surface area contributed by atoms with E-state index in [4.69, 9.17) is 5.73 Å². The summed E-state index contributed by atoms with van der Waals surface area (Å²) in [5.74, 6) is -0.771. The molecule has 7 heteroatoms. The van der Waals surface area contributed by atoms with Gasteiger partial charge in [-0.15, -0.1) is 0 Å². The fourth-order valence-electron chi connectivity index (χ4n) is 2.26. The molecule has 0 amide bonds. The normalized spacial score (nSPS) is 24.3. The molecule has 19 heavy (non-hydrogen) atoms. The number of anilines is 1. The van der Waals surface area contributed by atoms with Gasteiger partial charge in [-0.2, -0.15) is 0 Å². The quantitative estimate of drug-likeness (QED) is 0.723. The number of rotatable bonds is 3. The van der Waals surface area contributed by atoms with Gasteiger partial charge >= 0.3 is 0 Å². The van der Waals surface area contributed by atoms with Gasteiger partial charge in [-0.1, -0.05) is 18.9 Å². The van der Waals surface area contributed by atoms with Gasteiger partial charge in [0.05, 0.1) is 11.8 Å². The van der Waals surface area contributed by atoms with Crippen LogP contribution >= 0.6 is 0 Å². The van der Waals surface area contributed by atoms with E-state index in [1.165, 1.54) is 12.1 Å². The topological polar surface area (TPSA) is 92.4 Å². The molecule has 0 aromatic heterocycles. The third-order valence-electron chi connectivity index (χ3n) is 3.34. The molecular weight excluding hydrogens is 271 g/mol. The SMILES string of the molecule is Nc1c(F)cccc1S(=O)(=O)N[C@@H]1CCCC[C@H]1O. The molecule has 106 valence electrons. The van der Waals surface area contributed by atoms with Crippen molar-refractivity contribution in [3.63, 3.8) is 0 Å². The van der Waals surface area contributed by atoms with E-state index in [0.717, 1.165) is 18.9 Å². The van der Waals surface area contributed by atoms with Gasteiger partial charge in [0.25, 0.3) is 0 Å². The van der Waals surface area contributed by atoms with E-state index in [2.05, 4.69) is 4.72 Å². The van der Waals surface area contributed by atoms with E-state index in [1.54, 1.807) is 0 Å². The number of hydrogen-bond donors (Lipinski definition) is 3. The number of hydrogen-bond acceptors (Lipinski definition) is 4. The number of nitrogen functional groups attached to an aromatic ring is 1. The number of benzene rings is 1. The molecule has 0 aliphatic heterocycles. The van der Waals surface area contributed by atoms with Crippen molar-refractivity contribution in [3.8, 4) is 0 Å². The van der Waals surface area contributed by atoms with Gasteiger partial charge in [0, 0.05) is 6.04 Å². The molecule has 0 bridgehead atoms. The predicted octanol–water partition coefficient (Wildman–Crippen LogP) is 0.990. The van der Waals surface area contributed by atoms with Gasteiger partial charge in [0.15, 0.2) is 0 Å². The van der Waals surface area contributed by atoms with E-state index in [-0.39, 0.29) is 4.90 Å². The second-order valence-corrected chi connectivity index (χ2v) is 6.41. The average molecular weight is 288 g/mol. The molecule has 2 atom stereocenters. The molecule has 0 heterocycles. The molecule has 1 fully saturated rings. The average Bonchev–Trinajstić information content (AvgIpc) is 2.35. The summed E-state index contributed by atoms with van der Waals surface area (Å²) >= 11 is 0. The minimum absolute atomic E-state index is 0.287. The van der Waals surface area contributed by atoms with Crippen LogP contribution < -0.4 is 10.5 Å². The first-order valence-electron chi connectivity index (χ1n) is 6.16. The van der Waals surface area contributed by atoms with Crippen LogP contribution in [0.25, 0.3) is 0 Å². The van der Waals surface area contributed by atoms with Gasteiger partial charge in [-0.3, -0.25) is 0 Å². The lowest BCUT2D eigenvalue weighted by Crippen LogP contribution is -2.45. The number of nitrogens with two attached hydrogens (primary N) is 1. The second kappa shape index (κ2) is 5.44. The summed E-state index contributed by atoms with van der Waals surface area (Å²) in [4.78, 5) is -0.287. The van der Waals surface area contributed by atoms with Crippen molar-refractivity contribution in [1.82, 2.24) is 4.72 Å². The number of halogens is 1. The summed E-state index contributed by atoms with van der Waals surface area (Å²) in [6.07, 6.45) is 2.14. The van der Waals surface area contributed by atoms with Crippen LogP contribution in [0.1, 0.15) is 25.7 Å². The number of sulfonamides is 1. The van der Waals surface area contributed by atoms with Crippen molar-refractivity contribution in [1.29, 1.82) is 0 Å². The summed E-state index contributed by atoms with van der Waals surface area (Å²) in [7, 11) is -3.92. The Morgan fingerprint density at radius 1 is 1.32 bits per heavy atom. The van der Waals surface area contributed by atoms with E-state index < -0.39 is 33.7 Å². The summed E-state index contributed by atoms with van der Waals surface area (Å²) in [6.45, 7) is 0. The van der Waals surface area contributed by atoms with E-state index in [9.17, 15) is 17.9 Å². The first kappa shape index (κ1) is 14.2. The Hall–Kier alpha value is -1.18. The Morgan fingerprint density at radius 2 is 2.00 bits per heavy atom. The first-order valence-corrected chi connectivity index (χ1v) is 7.64. The van der Waals surface area contributed by atoms with Crippen LogP contribution in [0.4, 0.5) is 10.1 Å². The molecular formula is C12H17FN2O3S. The highest BCUT2D eigenvalue weighted by Gasteiger charge is 2.29. The van der Waals surface area contributed by atoms with Crippen LogP contribution in [0.2, 0.25) is 0 Å². The molecule has 1 aromatic rings. The first-order chi connectivity index (χ1) is 8.92. The van der Waals surface area contributed by atoms with E-state index in [0.29, 0.717) is 12.8 Å². The fraction of sp³-hybridized carbons (Fsp3) is 0.500. The Bertz CT molecular complexity index is 562. The molecule has 0 spiro atoms. The maximum Gasteiger partial charge on any atom is 0.243 e. The highest BCUT2D eigenvalue weighted by molar-refractivity contribution is 7.89. The molecule has 2 rings (SSSR count). The van der Waals surface area contributed by atoms with Crippen molar-refractivity contribution >= 4 is 15.7 Å². The molecule has 1 aromatic carbocycles. The van der Waals surface area contributed by atoms with Gasteiger partial charge in [0.2, 0.25) is 10.0 Å². The zero-order valence-electron chi connectivity index (χ0n) is 10.3. The Morgan fingerprint density at radius 3 is 2.68 bits per heavy atom. The minimum atomic E-state index is -3.92. The third-order valence-corrected chi connectivity index (χ3v) is 4.89. The van der Waals surface area contributed by atoms with Gasteiger partial charge in [-0.25, -0.2) is 17.5 Å². The van der Waals surface area contributed by atoms with Gasteiger partial charge < -0.3 is 10.8 Å². The molecule has 0 saturated heterocycles. The lowest BCUT2D eigenvalue weighted by atomic mass is 9.93. The highest BCUT2D eigenvalue weighted by atomic mass is 32.2. The maximum atomic E-state index is 13.3. The number of nitrogens with one attached hydrogen (secondary N) is 1. The number of aliphatic hydroxyl groups excluding tert-OH is 1. The van der Waals surface area contributed by atoms with Crippen molar-refractivity contribution in [3.05, 3.63) is 24.0 Å². The monoisotopic (exact) mass is 288 g/mol.